The summed E-state index contributed by atoms with van der Waals surface area (Å²) in [5, 5.41) is 0. The van der Waals surface area contributed by atoms with Crippen molar-refractivity contribution in [2.45, 2.75) is 0 Å². The van der Waals surface area contributed by atoms with Gasteiger partial charge in [-0.05, 0) is 48.5 Å². The first kappa shape index (κ1) is 28.2. The van der Waals surface area contributed by atoms with E-state index in [1.165, 1.54) is 0 Å². The first-order valence-corrected chi connectivity index (χ1v) is 12.8. The number of phosphoric acid groups is 2. The van der Waals surface area contributed by atoms with Crippen molar-refractivity contribution >= 4 is 15.6 Å². The van der Waals surface area contributed by atoms with Crippen LogP contribution in [0.25, 0.3) is 0 Å². The van der Waals surface area contributed by atoms with E-state index < -0.39 is 15.6 Å². The van der Waals surface area contributed by atoms with E-state index in [4.69, 9.17) is 18.1 Å². The monoisotopic (exact) mass is 561 g/mol. The second kappa shape index (κ2) is 13.8. The van der Waals surface area contributed by atoms with Crippen molar-refractivity contribution in [3.05, 3.63) is 121 Å². The van der Waals surface area contributed by atoms with Gasteiger partial charge in [-0.3, -0.25) is 0 Å². The van der Waals surface area contributed by atoms with Crippen LogP contribution in [0.5, 0.6) is 23.0 Å². The van der Waals surface area contributed by atoms with E-state index in [2.05, 4.69) is 0 Å². The molecule has 8 nitrogen and oxygen atoms in total. The molecule has 4 rings (SSSR count). The van der Waals surface area contributed by atoms with Crippen LogP contribution in [-0.2, 0) is 26.2 Å². The summed E-state index contributed by atoms with van der Waals surface area (Å²) in [6, 6.07) is 32.8. The second-order valence-corrected chi connectivity index (χ2v) is 9.03. The Labute approximate surface area is 213 Å². The topological polar surface area (TPSA) is 117 Å². The normalized spacial score (nSPS) is 10.6. The SMILES string of the molecule is O=P([O-])(Oc1ccccc1)Oc1ccccc1.O=P([O-])(Oc1ccccc1)Oc1ccccc1.[Cu+2]. The van der Waals surface area contributed by atoms with Gasteiger partial charge in [0, 0.05) is 0 Å². The van der Waals surface area contributed by atoms with Gasteiger partial charge in [0.1, 0.15) is 23.0 Å². The summed E-state index contributed by atoms with van der Waals surface area (Å²) in [5.41, 5.74) is 0. The van der Waals surface area contributed by atoms with Crippen molar-refractivity contribution < 1.29 is 54.1 Å². The molecule has 0 saturated heterocycles. The van der Waals surface area contributed by atoms with Crippen LogP contribution < -0.4 is 27.9 Å². The number of hydrogen-bond donors (Lipinski definition) is 0. The van der Waals surface area contributed by atoms with Crippen LogP contribution in [0.1, 0.15) is 0 Å². The minimum Gasteiger partial charge on any atom is -0.736 e. The summed E-state index contributed by atoms with van der Waals surface area (Å²) in [4.78, 5) is 23.1. The third-order valence-corrected chi connectivity index (χ3v) is 5.58. The fraction of sp³-hybridized carbons (Fsp3) is 0. The molecular weight excluding hydrogens is 542 g/mol. The zero-order chi connectivity index (χ0) is 24.3. The van der Waals surface area contributed by atoms with Gasteiger partial charge in [-0.25, -0.2) is 9.13 Å². The number of hydrogen-bond acceptors (Lipinski definition) is 8. The minimum atomic E-state index is -4.39. The van der Waals surface area contributed by atoms with Crippen molar-refractivity contribution in [1.29, 1.82) is 0 Å². The smallest absolute Gasteiger partial charge is 0.736 e. The zero-order valence-corrected chi connectivity index (χ0v) is 20.7. The molecule has 0 saturated carbocycles. The Morgan fingerprint density at radius 1 is 0.400 bits per heavy atom. The summed E-state index contributed by atoms with van der Waals surface area (Å²) >= 11 is 0. The van der Waals surface area contributed by atoms with Crippen LogP contribution in [0.15, 0.2) is 121 Å². The van der Waals surface area contributed by atoms with Crippen LogP contribution in [0.2, 0.25) is 0 Å². The maximum Gasteiger partial charge on any atom is 2.00 e. The number of phosphoric ester groups is 2. The van der Waals surface area contributed by atoms with Crippen molar-refractivity contribution in [2.75, 3.05) is 0 Å². The molecule has 0 heterocycles. The molecule has 11 heteroatoms. The number of rotatable bonds is 8. The van der Waals surface area contributed by atoms with Gasteiger partial charge >= 0.3 is 32.7 Å². The van der Waals surface area contributed by atoms with Crippen LogP contribution >= 0.6 is 15.6 Å². The fourth-order valence-corrected chi connectivity index (χ4v) is 4.07. The molecule has 185 valence electrons. The summed E-state index contributed by atoms with van der Waals surface area (Å²) in [7, 11) is -8.77. The first-order chi connectivity index (χ1) is 16.3. The fourth-order valence-electron chi connectivity index (χ4n) is 2.48. The molecule has 0 bridgehead atoms. The zero-order valence-electron chi connectivity index (χ0n) is 18.0. The van der Waals surface area contributed by atoms with Crippen molar-refractivity contribution in [3.63, 3.8) is 0 Å². The largest absolute Gasteiger partial charge is 2.00 e. The molecule has 4 aromatic rings. The Morgan fingerprint density at radius 2 is 0.571 bits per heavy atom. The Bertz CT molecular complexity index is 1040. The van der Waals surface area contributed by atoms with Gasteiger partial charge in [0.25, 0.3) is 0 Å². The van der Waals surface area contributed by atoms with Crippen LogP contribution in [0, 0.1) is 0 Å². The molecule has 0 aliphatic rings. The molecule has 0 N–H and O–H groups in total. The summed E-state index contributed by atoms with van der Waals surface area (Å²) in [6.07, 6.45) is 0. The number of para-hydroxylation sites is 4. The van der Waals surface area contributed by atoms with Crippen LogP contribution in [0.3, 0.4) is 0 Å². The molecule has 0 aliphatic heterocycles. The van der Waals surface area contributed by atoms with E-state index in [1.54, 1.807) is 121 Å². The third kappa shape index (κ3) is 10.8. The minimum absolute atomic E-state index is 0. The van der Waals surface area contributed by atoms with E-state index in [0.717, 1.165) is 0 Å². The molecule has 0 amide bonds. The quantitative estimate of drug-likeness (QED) is 0.212. The van der Waals surface area contributed by atoms with Gasteiger partial charge in [0.15, 0.2) is 0 Å². The maximum absolute atomic E-state index is 11.6. The van der Waals surface area contributed by atoms with Crippen LogP contribution in [0.4, 0.5) is 0 Å². The molecule has 4 aromatic carbocycles. The van der Waals surface area contributed by atoms with Crippen molar-refractivity contribution in [3.8, 4) is 23.0 Å². The van der Waals surface area contributed by atoms with Gasteiger partial charge in [0.2, 0.25) is 0 Å². The first-order valence-electron chi connectivity index (χ1n) is 9.92. The molecule has 0 atom stereocenters. The average molecular weight is 562 g/mol. The average Bonchev–Trinajstić information content (AvgIpc) is 2.81. The molecule has 0 aromatic heterocycles. The van der Waals surface area contributed by atoms with E-state index in [-0.39, 0.29) is 40.1 Å². The van der Waals surface area contributed by atoms with E-state index in [0.29, 0.717) is 0 Å². The molecule has 0 aliphatic carbocycles. The second-order valence-electron chi connectivity index (χ2n) is 6.51. The summed E-state index contributed by atoms with van der Waals surface area (Å²) < 4.78 is 42.2. The van der Waals surface area contributed by atoms with Gasteiger partial charge < -0.3 is 27.9 Å². The van der Waals surface area contributed by atoms with Crippen molar-refractivity contribution in [2.24, 2.45) is 0 Å². The Morgan fingerprint density at radius 3 is 0.743 bits per heavy atom. The maximum atomic E-state index is 11.6. The molecule has 0 spiro atoms. The Hall–Kier alpha value is -3.02. The predicted octanol–water partition coefficient (Wildman–Crippen LogP) is 5.22. The molecule has 0 unspecified atom stereocenters. The Balaban J connectivity index is 0.000000240. The van der Waals surface area contributed by atoms with Gasteiger partial charge in [-0.15, -0.1) is 0 Å². The van der Waals surface area contributed by atoms with Crippen molar-refractivity contribution in [1.82, 2.24) is 0 Å². The van der Waals surface area contributed by atoms with E-state index in [9.17, 15) is 18.9 Å². The van der Waals surface area contributed by atoms with Crippen LogP contribution in [-0.4, -0.2) is 0 Å². The number of benzene rings is 4. The molecule has 35 heavy (non-hydrogen) atoms. The van der Waals surface area contributed by atoms with E-state index in [1.807, 2.05) is 0 Å². The summed E-state index contributed by atoms with van der Waals surface area (Å²) in [5.74, 6) is 0.895. The third-order valence-electron chi connectivity index (χ3n) is 3.84. The van der Waals surface area contributed by atoms with E-state index >= 15 is 0 Å². The predicted molar refractivity (Wildman–Crippen MR) is 123 cm³/mol. The molecular formula is C24H20CuO8P2. The molecule has 0 fully saturated rings. The van der Waals surface area contributed by atoms with Gasteiger partial charge in [-0.2, -0.15) is 0 Å². The Kier molecular flexibility index (Phi) is 11.1. The van der Waals surface area contributed by atoms with Gasteiger partial charge in [0.05, 0.1) is 0 Å². The standard InChI is InChI=1S/2C12H11O4P.Cu/c2*13-17(14,15-11-7-3-1-4-8-11)16-12-9-5-2-6-10-12;/h2*1-10H,(H,13,14);/q;;+2/p-2. The summed E-state index contributed by atoms with van der Waals surface area (Å²) in [6.45, 7) is 0. The molecule has 1 radical (unpaired) electrons. The van der Waals surface area contributed by atoms with Gasteiger partial charge in [-0.1, -0.05) is 72.8 Å².